The van der Waals surface area contributed by atoms with Crippen molar-refractivity contribution in [3.8, 4) is 11.4 Å². The average molecular weight is 383 g/mol. The molecule has 1 N–H and O–H groups in total. The second-order valence-electron chi connectivity index (χ2n) is 8.42. The third-order valence-electron chi connectivity index (χ3n) is 6.71. The smallest absolute Gasteiger partial charge is 0.223 e. The lowest BCUT2D eigenvalue weighted by Crippen LogP contribution is -2.39. The molecule has 2 heterocycles. The fourth-order valence-corrected chi connectivity index (χ4v) is 5.20. The van der Waals surface area contributed by atoms with Gasteiger partial charge in [-0.05, 0) is 30.4 Å². The molecule has 3 aromatic rings. The van der Waals surface area contributed by atoms with Crippen LogP contribution < -0.4 is 10.8 Å². The van der Waals surface area contributed by atoms with Crippen molar-refractivity contribution >= 4 is 19.2 Å². The van der Waals surface area contributed by atoms with Crippen LogP contribution in [0.3, 0.4) is 0 Å². The maximum atomic E-state index is 12.6. The van der Waals surface area contributed by atoms with Crippen molar-refractivity contribution in [3.05, 3.63) is 72.1 Å². The monoisotopic (exact) mass is 383 g/mol. The number of hydrogen-bond donors (Lipinski definition) is 1. The zero-order valence-electron chi connectivity index (χ0n) is 16.9. The quantitative estimate of drug-likeness (QED) is 0.689. The first-order valence-electron chi connectivity index (χ1n) is 10.7. The van der Waals surface area contributed by atoms with E-state index in [1.807, 2.05) is 6.20 Å². The molecule has 29 heavy (non-hydrogen) atoms. The Hall–Kier alpha value is -2.82. The lowest BCUT2D eigenvalue weighted by atomic mass is 9.79. The summed E-state index contributed by atoms with van der Waals surface area (Å²) in [7, 11) is 2.11. The Morgan fingerprint density at radius 1 is 1.14 bits per heavy atom. The minimum atomic E-state index is -0.348. The number of nitrogens with one attached hydrogen (secondary N) is 1. The van der Waals surface area contributed by atoms with Crippen molar-refractivity contribution in [2.75, 3.05) is 6.54 Å². The van der Waals surface area contributed by atoms with E-state index in [0.717, 1.165) is 25.1 Å². The van der Waals surface area contributed by atoms with Crippen LogP contribution in [0.25, 0.3) is 11.4 Å². The molecule has 1 amide bonds. The highest BCUT2D eigenvalue weighted by Crippen LogP contribution is 2.48. The number of imidazole rings is 1. The van der Waals surface area contributed by atoms with Crippen LogP contribution in [-0.4, -0.2) is 29.8 Å². The van der Waals surface area contributed by atoms with E-state index in [4.69, 9.17) is 0 Å². The summed E-state index contributed by atoms with van der Waals surface area (Å²) in [6.45, 7) is 0.648. The Labute approximate surface area is 172 Å². The molecular formula is C24H26BN3O. The molecule has 1 aliphatic carbocycles. The SMILES string of the molecule is Bc1ccc(C2(CCNC(=O)C3CCCC3)c3ccccc3-c3nccn32)cc1. The molecule has 0 bridgehead atoms. The summed E-state index contributed by atoms with van der Waals surface area (Å²) < 4.78 is 2.30. The number of fused-ring (bicyclic) bond motifs is 3. The molecule has 1 aromatic heterocycles. The molecule has 1 unspecified atom stereocenters. The third-order valence-corrected chi connectivity index (χ3v) is 6.71. The van der Waals surface area contributed by atoms with Gasteiger partial charge < -0.3 is 9.88 Å². The van der Waals surface area contributed by atoms with Gasteiger partial charge in [0.25, 0.3) is 0 Å². The molecule has 0 saturated heterocycles. The van der Waals surface area contributed by atoms with Crippen LogP contribution in [0.15, 0.2) is 60.9 Å². The van der Waals surface area contributed by atoms with Gasteiger partial charge in [-0.2, -0.15) is 0 Å². The number of aromatic nitrogens is 2. The molecular weight excluding hydrogens is 357 g/mol. The van der Waals surface area contributed by atoms with Gasteiger partial charge in [0.15, 0.2) is 0 Å². The molecule has 5 heteroatoms. The summed E-state index contributed by atoms with van der Waals surface area (Å²) in [5.74, 6) is 1.42. The van der Waals surface area contributed by atoms with E-state index in [1.165, 1.54) is 35.0 Å². The summed E-state index contributed by atoms with van der Waals surface area (Å²) >= 11 is 0. The molecule has 2 aliphatic rings. The molecule has 146 valence electrons. The fourth-order valence-electron chi connectivity index (χ4n) is 5.20. The van der Waals surface area contributed by atoms with Crippen molar-refractivity contribution in [1.82, 2.24) is 14.9 Å². The summed E-state index contributed by atoms with van der Waals surface area (Å²) in [4.78, 5) is 17.3. The highest BCUT2D eigenvalue weighted by Gasteiger charge is 2.44. The predicted molar refractivity (Wildman–Crippen MR) is 118 cm³/mol. The molecule has 1 saturated carbocycles. The number of rotatable bonds is 5. The van der Waals surface area contributed by atoms with Gasteiger partial charge >= 0.3 is 0 Å². The van der Waals surface area contributed by atoms with Crippen LogP contribution in [0.4, 0.5) is 0 Å². The van der Waals surface area contributed by atoms with E-state index in [0.29, 0.717) is 6.54 Å². The van der Waals surface area contributed by atoms with E-state index in [1.54, 1.807) is 0 Å². The Balaban J connectivity index is 1.53. The van der Waals surface area contributed by atoms with Gasteiger partial charge in [0.2, 0.25) is 5.91 Å². The first-order chi connectivity index (χ1) is 14.2. The molecule has 1 atom stereocenters. The zero-order valence-corrected chi connectivity index (χ0v) is 16.9. The topological polar surface area (TPSA) is 46.9 Å². The van der Waals surface area contributed by atoms with Gasteiger partial charge in [0.1, 0.15) is 13.7 Å². The van der Waals surface area contributed by atoms with E-state index < -0.39 is 0 Å². The van der Waals surface area contributed by atoms with Gasteiger partial charge in [-0.1, -0.05) is 66.8 Å². The number of nitrogens with zero attached hydrogens (tertiary/aromatic N) is 2. The Bertz CT molecular complexity index is 1040. The largest absolute Gasteiger partial charge is 0.356 e. The number of carbonyl (C=O) groups is 1. The number of amides is 1. The summed E-state index contributed by atoms with van der Waals surface area (Å²) in [6.07, 6.45) is 9.18. The predicted octanol–water partition coefficient (Wildman–Crippen LogP) is 2.61. The van der Waals surface area contributed by atoms with E-state index in [9.17, 15) is 4.79 Å². The van der Waals surface area contributed by atoms with Crippen LogP contribution in [0.1, 0.15) is 43.2 Å². The Morgan fingerprint density at radius 3 is 2.69 bits per heavy atom. The summed E-state index contributed by atoms with van der Waals surface area (Å²) in [6, 6.07) is 17.3. The van der Waals surface area contributed by atoms with Gasteiger partial charge in [-0.15, -0.1) is 0 Å². The van der Waals surface area contributed by atoms with Gasteiger partial charge in [-0.3, -0.25) is 4.79 Å². The maximum Gasteiger partial charge on any atom is 0.223 e. The lowest BCUT2D eigenvalue weighted by molar-refractivity contribution is -0.124. The highest BCUT2D eigenvalue weighted by atomic mass is 16.1. The standard InChI is InChI=1S/C24H26BN3O/c25-19-11-9-18(10-12-19)24(13-14-27-23(29)17-5-1-2-6-17)21-8-4-3-7-20(21)22-26-15-16-28(22)24/h3-4,7-12,15-17H,1-2,5-6,13-14,25H2,(H,27,29). The molecule has 1 fully saturated rings. The first kappa shape index (κ1) is 18.2. The second kappa shape index (κ2) is 7.22. The maximum absolute atomic E-state index is 12.6. The minimum absolute atomic E-state index is 0.199. The highest BCUT2D eigenvalue weighted by molar-refractivity contribution is 6.32. The van der Waals surface area contributed by atoms with Crippen molar-refractivity contribution in [2.24, 2.45) is 5.92 Å². The van der Waals surface area contributed by atoms with Gasteiger partial charge in [0, 0.05) is 30.4 Å². The molecule has 2 aromatic carbocycles. The van der Waals surface area contributed by atoms with Crippen molar-refractivity contribution in [3.63, 3.8) is 0 Å². The van der Waals surface area contributed by atoms with Crippen molar-refractivity contribution in [2.45, 2.75) is 37.6 Å². The van der Waals surface area contributed by atoms with Crippen LogP contribution in [-0.2, 0) is 10.3 Å². The van der Waals surface area contributed by atoms with Crippen LogP contribution in [0, 0.1) is 5.92 Å². The normalized spacial score (nSPS) is 20.4. The molecule has 5 rings (SSSR count). The zero-order chi connectivity index (χ0) is 19.8. The summed E-state index contributed by atoms with van der Waals surface area (Å²) in [5, 5.41) is 3.24. The third kappa shape index (κ3) is 2.91. The van der Waals surface area contributed by atoms with Crippen molar-refractivity contribution < 1.29 is 4.79 Å². The fraction of sp³-hybridized carbons (Fsp3) is 0.333. The minimum Gasteiger partial charge on any atom is -0.356 e. The number of hydrogen-bond acceptors (Lipinski definition) is 2. The van der Waals surface area contributed by atoms with E-state index in [-0.39, 0.29) is 17.4 Å². The van der Waals surface area contributed by atoms with Gasteiger partial charge in [0.05, 0.1) is 5.54 Å². The summed E-state index contributed by atoms with van der Waals surface area (Å²) in [5.41, 5.74) is 4.58. The Morgan fingerprint density at radius 2 is 1.90 bits per heavy atom. The lowest BCUT2D eigenvalue weighted by Gasteiger charge is -2.34. The Kier molecular flexibility index (Phi) is 4.54. The molecule has 4 nitrogen and oxygen atoms in total. The molecule has 0 spiro atoms. The molecule has 1 aliphatic heterocycles. The van der Waals surface area contributed by atoms with Crippen molar-refractivity contribution in [1.29, 1.82) is 0 Å². The number of benzene rings is 2. The van der Waals surface area contributed by atoms with Gasteiger partial charge in [-0.25, -0.2) is 4.98 Å². The van der Waals surface area contributed by atoms with Crippen LogP contribution in [0.2, 0.25) is 0 Å². The van der Waals surface area contributed by atoms with E-state index in [2.05, 4.69) is 77.4 Å². The second-order valence-corrected chi connectivity index (χ2v) is 8.42. The average Bonchev–Trinajstić information content (AvgIpc) is 3.48. The number of carbonyl (C=O) groups excluding carboxylic acids is 1. The van der Waals surface area contributed by atoms with Crippen LogP contribution in [0.5, 0.6) is 0 Å². The molecule has 0 radical (unpaired) electrons. The van der Waals surface area contributed by atoms with E-state index >= 15 is 0 Å². The first-order valence-corrected chi connectivity index (χ1v) is 10.7. The van der Waals surface area contributed by atoms with Crippen LogP contribution >= 0.6 is 0 Å².